The van der Waals surface area contributed by atoms with E-state index in [1.807, 2.05) is 13.8 Å². The number of methoxy groups -OCH3 is 1. The second-order valence-electron chi connectivity index (χ2n) is 7.77. The van der Waals surface area contributed by atoms with Crippen LogP contribution in [0, 0.1) is 5.92 Å². The number of aliphatic hydroxyl groups excluding tert-OH is 1. The number of hydrogen-bond donors (Lipinski definition) is 2. The molecule has 0 bridgehead atoms. The van der Waals surface area contributed by atoms with Gasteiger partial charge >= 0.3 is 0 Å². The number of aromatic hydroxyl groups is 1. The number of aliphatic hydroxyl groups is 1. The Hall–Kier alpha value is -2.50. The number of rotatable bonds is 6. The number of phenolic OH excluding ortho intramolecular Hbond substituents is 1. The van der Waals surface area contributed by atoms with Crippen molar-refractivity contribution in [2.45, 2.75) is 58.0 Å². The maximum atomic E-state index is 12.9. The maximum Gasteiger partial charge on any atom is 0.290 e. The smallest absolute Gasteiger partial charge is 0.290 e. The molecule has 1 unspecified atom stereocenters. The highest BCUT2D eigenvalue weighted by atomic mass is 16.5. The second kappa shape index (κ2) is 7.62. The number of carbonyl (C=O) groups is 2. The van der Waals surface area contributed by atoms with Gasteiger partial charge in [0.05, 0.1) is 18.7 Å². The Labute approximate surface area is 159 Å². The van der Waals surface area contributed by atoms with Crippen molar-refractivity contribution < 1.29 is 24.5 Å². The molecular formula is C21H27NO5. The average Bonchev–Trinajstić information content (AvgIpc) is 3.21. The van der Waals surface area contributed by atoms with Crippen LogP contribution in [-0.4, -0.2) is 40.0 Å². The third kappa shape index (κ3) is 3.53. The number of carbonyl (C=O) groups excluding carboxylic acids is 2. The SMILES string of the molecule is COc1ccc(C2C(C(=O)CC(C)C)=C(O)C(=O)N2C2CCCC2)cc1O. The number of hydrogen-bond acceptors (Lipinski definition) is 5. The third-order valence-corrected chi connectivity index (χ3v) is 5.37. The van der Waals surface area contributed by atoms with Gasteiger partial charge in [-0.3, -0.25) is 9.59 Å². The normalized spacial score (nSPS) is 20.8. The molecule has 1 heterocycles. The molecule has 0 saturated heterocycles. The van der Waals surface area contributed by atoms with Crippen LogP contribution in [0.4, 0.5) is 0 Å². The molecule has 6 heteroatoms. The van der Waals surface area contributed by atoms with E-state index in [2.05, 4.69) is 0 Å². The zero-order valence-corrected chi connectivity index (χ0v) is 16.1. The van der Waals surface area contributed by atoms with E-state index in [0.717, 1.165) is 25.7 Å². The first-order valence-corrected chi connectivity index (χ1v) is 9.51. The first-order chi connectivity index (χ1) is 12.8. The largest absolute Gasteiger partial charge is 0.504 e. The molecule has 27 heavy (non-hydrogen) atoms. The lowest BCUT2D eigenvalue weighted by molar-refractivity contribution is -0.131. The van der Waals surface area contributed by atoms with Crippen LogP contribution in [0.15, 0.2) is 29.5 Å². The Bertz CT molecular complexity index is 777. The molecule has 1 aromatic carbocycles. The van der Waals surface area contributed by atoms with Crippen LogP contribution in [0.3, 0.4) is 0 Å². The summed E-state index contributed by atoms with van der Waals surface area (Å²) in [5.74, 6) is -0.799. The maximum absolute atomic E-state index is 12.9. The van der Waals surface area contributed by atoms with Gasteiger partial charge in [-0.2, -0.15) is 0 Å². The van der Waals surface area contributed by atoms with Crippen molar-refractivity contribution in [2.75, 3.05) is 7.11 Å². The molecule has 2 N–H and O–H groups in total. The van der Waals surface area contributed by atoms with Crippen LogP contribution in [0.1, 0.15) is 57.6 Å². The summed E-state index contributed by atoms with van der Waals surface area (Å²) in [6.07, 6.45) is 3.99. The van der Waals surface area contributed by atoms with Gasteiger partial charge in [-0.25, -0.2) is 0 Å². The summed E-state index contributed by atoms with van der Waals surface area (Å²) >= 11 is 0. The van der Waals surface area contributed by atoms with Gasteiger partial charge < -0.3 is 19.8 Å². The number of nitrogens with zero attached hydrogens (tertiary/aromatic N) is 1. The first-order valence-electron chi connectivity index (χ1n) is 9.51. The summed E-state index contributed by atoms with van der Waals surface area (Å²) in [5.41, 5.74) is 0.745. The van der Waals surface area contributed by atoms with E-state index in [1.165, 1.54) is 13.2 Å². The van der Waals surface area contributed by atoms with Crippen LogP contribution in [0.2, 0.25) is 0 Å². The Morgan fingerprint density at radius 3 is 2.48 bits per heavy atom. The van der Waals surface area contributed by atoms with Crippen molar-refractivity contribution in [1.82, 2.24) is 4.90 Å². The van der Waals surface area contributed by atoms with E-state index in [0.29, 0.717) is 11.3 Å². The summed E-state index contributed by atoms with van der Waals surface area (Å²) in [6, 6.07) is 4.17. The summed E-state index contributed by atoms with van der Waals surface area (Å²) in [6.45, 7) is 3.85. The molecular weight excluding hydrogens is 346 g/mol. The molecule has 0 radical (unpaired) electrons. The van der Waals surface area contributed by atoms with E-state index < -0.39 is 17.7 Å². The fourth-order valence-electron chi connectivity index (χ4n) is 4.15. The van der Waals surface area contributed by atoms with Crippen LogP contribution in [0.5, 0.6) is 11.5 Å². The first kappa shape index (κ1) is 19.3. The van der Waals surface area contributed by atoms with Crippen molar-refractivity contribution in [1.29, 1.82) is 0 Å². The van der Waals surface area contributed by atoms with Gasteiger partial charge in [0.1, 0.15) is 0 Å². The number of ketones is 1. The van der Waals surface area contributed by atoms with Crippen LogP contribution in [-0.2, 0) is 9.59 Å². The average molecular weight is 373 g/mol. The van der Waals surface area contributed by atoms with Gasteiger partial charge in [-0.15, -0.1) is 0 Å². The quantitative estimate of drug-likeness (QED) is 0.795. The molecule has 1 fully saturated rings. The third-order valence-electron chi connectivity index (χ3n) is 5.37. The molecule has 0 aromatic heterocycles. The second-order valence-corrected chi connectivity index (χ2v) is 7.77. The topological polar surface area (TPSA) is 87.1 Å². The number of phenols is 1. The van der Waals surface area contributed by atoms with Crippen molar-refractivity contribution in [3.8, 4) is 11.5 Å². The van der Waals surface area contributed by atoms with Gasteiger partial charge in [0.25, 0.3) is 5.91 Å². The van der Waals surface area contributed by atoms with Crippen molar-refractivity contribution >= 4 is 11.7 Å². The molecule has 0 spiro atoms. The standard InChI is InChI=1S/C21H27NO5/c1-12(2)10-16(24)18-19(13-8-9-17(27-3)15(23)11-13)22(21(26)20(18)25)14-6-4-5-7-14/h8-9,11-12,14,19,23,25H,4-7,10H2,1-3H3. The van der Waals surface area contributed by atoms with E-state index in [1.54, 1.807) is 17.0 Å². The molecule has 1 aliphatic carbocycles. The van der Waals surface area contributed by atoms with Crippen molar-refractivity contribution in [2.24, 2.45) is 5.92 Å². The highest BCUT2D eigenvalue weighted by molar-refractivity contribution is 6.09. The lowest BCUT2D eigenvalue weighted by Crippen LogP contribution is -2.38. The van der Waals surface area contributed by atoms with E-state index >= 15 is 0 Å². The molecule has 2 aliphatic rings. The minimum atomic E-state index is -0.677. The molecule has 1 aromatic rings. The van der Waals surface area contributed by atoms with Crippen LogP contribution in [0.25, 0.3) is 0 Å². The predicted octanol–water partition coefficient (Wildman–Crippen LogP) is 3.65. The minimum Gasteiger partial charge on any atom is -0.504 e. The van der Waals surface area contributed by atoms with Gasteiger partial charge in [0.2, 0.25) is 0 Å². The van der Waals surface area contributed by atoms with Gasteiger partial charge in [-0.05, 0) is 36.5 Å². The molecule has 1 saturated carbocycles. The Kier molecular flexibility index (Phi) is 5.44. The van der Waals surface area contributed by atoms with Crippen molar-refractivity contribution in [3.63, 3.8) is 0 Å². The fraction of sp³-hybridized carbons (Fsp3) is 0.524. The van der Waals surface area contributed by atoms with Crippen molar-refractivity contribution in [3.05, 3.63) is 35.1 Å². The lowest BCUT2D eigenvalue weighted by Gasteiger charge is -2.32. The summed E-state index contributed by atoms with van der Waals surface area (Å²) in [5, 5.41) is 20.8. The number of ether oxygens (including phenoxy) is 1. The molecule has 1 atom stereocenters. The fourth-order valence-corrected chi connectivity index (χ4v) is 4.15. The number of Topliss-reactive ketones (excluding diaryl/α,β-unsaturated/α-hetero) is 1. The Morgan fingerprint density at radius 2 is 1.93 bits per heavy atom. The molecule has 3 rings (SSSR count). The molecule has 6 nitrogen and oxygen atoms in total. The van der Waals surface area contributed by atoms with Gasteiger partial charge in [-0.1, -0.05) is 32.8 Å². The van der Waals surface area contributed by atoms with Gasteiger partial charge in [0.15, 0.2) is 23.0 Å². The summed E-state index contributed by atoms with van der Waals surface area (Å²) in [4.78, 5) is 27.4. The highest BCUT2D eigenvalue weighted by Crippen LogP contribution is 2.44. The lowest BCUT2D eigenvalue weighted by atomic mass is 9.91. The number of benzene rings is 1. The summed E-state index contributed by atoms with van der Waals surface area (Å²) < 4.78 is 5.10. The van der Waals surface area contributed by atoms with Gasteiger partial charge in [0, 0.05) is 12.5 Å². The Balaban J connectivity index is 2.07. The van der Waals surface area contributed by atoms with E-state index in [-0.39, 0.29) is 35.5 Å². The van der Waals surface area contributed by atoms with E-state index in [9.17, 15) is 19.8 Å². The van der Waals surface area contributed by atoms with Crippen LogP contribution >= 0.6 is 0 Å². The predicted molar refractivity (Wildman–Crippen MR) is 101 cm³/mol. The zero-order valence-electron chi connectivity index (χ0n) is 16.1. The highest BCUT2D eigenvalue weighted by Gasteiger charge is 2.46. The van der Waals surface area contributed by atoms with Crippen LogP contribution < -0.4 is 4.74 Å². The monoisotopic (exact) mass is 373 g/mol. The number of amides is 1. The Morgan fingerprint density at radius 1 is 1.26 bits per heavy atom. The molecule has 1 amide bonds. The van der Waals surface area contributed by atoms with E-state index in [4.69, 9.17) is 4.74 Å². The molecule has 1 aliphatic heterocycles. The molecule has 146 valence electrons. The summed E-state index contributed by atoms with van der Waals surface area (Å²) in [7, 11) is 1.46. The minimum absolute atomic E-state index is 0.0155. The zero-order chi connectivity index (χ0) is 19.7.